The van der Waals surface area contributed by atoms with Crippen LogP contribution in [0.25, 0.3) is 0 Å². The van der Waals surface area contributed by atoms with Crippen LogP contribution in [0.15, 0.2) is 74.9 Å². The molecular formula is C20H24N8. The molecule has 0 aliphatic carbocycles. The topological polar surface area (TPSA) is 103 Å². The van der Waals surface area contributed by atoms with Crippen LogP contribution in [0, 0.1) is 27.7 Å². The molecule has 4 aromatic rings. The van der Waals surface area contributed by atoms with Gasteiger partial charge in [0.15, 0.2) is 0 Å². The molecule has 28 heavy (non-hydrogen) atoms. The van der Waals surface area contributed by atoms with E-state index >= 15 is 0 Å². The third-order valence-electron chi connectivity index (χ3n) is 2.79. The van der Waals surface area contributed by atoms with Crippen LogP contribution in [0.5, 0.6) is 0 Å². The molecule has 4 aromatic heterocycles. The first-order valence-electron chi connectivity index (χ1n) is 8.44. The van der Waals surface area contributed by atoms with Crippen molar-refractivity contribution in [3.63, 3.8) is 0 Å². The quantitative estimate of drug-likeness (QED) is 0.461. The maximum atomic E-state index is 3.98. The number of pyridine rings is 1. The van der Waals surface area contributed by atoms with Crippen LogP contribution in [-0.2, 0) is 0 Å². The molecule has 0 atom stereocenters. The summed E-state index contributed by atoms with van der Waals surface area (Å²) in [5.74, 6) is 0. The maximum absolute atomic E-state index is 3.98. The molecule has 0 amide bonds. The van der Waals surface area contributed by atoms with Gasteiger partial charge in [0.05, 0.1) is 0 Å². The number of nitrogens with zero attached hydrogens (tertiary/aromatic N) is 8. The average molecular weight is 376 g/mol. The number of rotatable bonds is 0. The summed E-state index contributed by atoms with van der Waals surface area (Å²) >= 11 is 0. The Bertz CT molecular complexity index is 777. The molecule has 0 saturated carbocycles. The van der Waals surface area contributed by atoms with Gasteiger partial charge in [0, 0.05) is 37.2 Å². The van der Waals surface area contributed by atoms with E-state index < -0.39 is 0 Å². The summed E-state index contributed by atoms with van der Waals surface area (Å²) in [6.07, 6.45) is 18.1. The van der Waals surface area contributed by atoms with Crippen molar-refractivity contribution in [1.82, 2.24) is 39.9 Å². The van der Waals surface area contributed by atoms with Crippen molar-refractivity contribution in [2.45, 2.75) is 27.7 Å². The third kappa shape index (κ3) is 12.6. The molecule has 4 rings (SSSR count). The Labute approximate surface area is 165 Å². The molecule has 8 heteroatoms. The van der Waals surface area contributed by atoms with E-state index in [1.807, 2.05) is 40.1 Å². The van der Waals surface area contributed by atoms with Gasteiger partial charge in [-0.3, -0.25) is 4.98 Å². The van der Waals surface area contributed by atoms with Crippen LogP contribution in [0.4, 0.5) is 0 Å². The van der Waals surface area contributed by atoms with Gasteiger partial charge in [-0.1, -0.05) is 6.07 Å². The van der Waals surface area contributed by atoms with E-state index in [0.717, 1.165) is 11.1 Å². The van der Waals surface area contributed by atoms with Gasteiger partial charge in [-0.25, -0.2) is 34.9 Å². The standard InChI is InChI=1S/C7H9N.2C5H6N2.C3H3N3/c1-6-3-7(2)5-8-4-6;2*1-5-2-6-4-7-3-5;1-4-2-6-3-5-1/h3-5H,1-2H3;2*2-4H,1H3;1-3H. The Morgan fingerprint density at radius 1 is 0.357 bits per heavy atom. The molecule has 0 unspecified atom stereocenters. The molecule has 0 fully saturated rings. The van der Waals surface area contributed by atoms with Gasteiger partial charge in [0.1, 0.15) is 31.6 Å². The highest BCUT2D eigenvalue weighted by Gasteiger charge is 1.82. The van der Waals surface area contributed by atoms with Gasteiger partial charge in [-0.15, -0.1) is 0 Å². The smallest absolute Gasteiger partial charge is 0.119 e. The summed E-state index contributed by atoms with van der Waals surface area (Å²) in [6, 6.07) is 2.10. The minimum atomic E-state index is 1.10. The van der Waals surface area contributed by atoms with E-state index in [1.54, 1.807) is 24.8 Å². The van der Waals surface area contributed by atoms with Crippen molar-refractivity contribution in [2.24, 2.45) is 0 Å². The zero-order valence-electron chi connectivity index (χ0n) is 16.5. The average Bonchev–Trinajstić information content (AvgIpc) is 2.72. The van der Waals surface area contributed by atoms with E-state index in [2.05, 4.69) is 45.9 Å². The third-order valence-corrected chi connectivity index (χ3v) is 2.79. The lowest BCUT2D eigenvalue weighted by Gasteiger charge is -1.89. The molecule has 0 aliphatic rings. The number of aryl methyl sites for hydroxylation is 4. The van der Waals surface area contributed by atoms with E-state index in [-0.39, 0.29) is 0 Å². The van der Waals surface area contributed by atoms with Crippen LogP contribution >= 0.6 is 0 Å². The second-order valence-electron chi connectivity index (χ2n) is 5.66. The van der Waals surface area contributed by atoms with Crippen LogP contribution in [0.2, 0.25) is 0 Å². The molecule has 8 nitrogen and oxygen atoms in total. The first-order chi connectivity index (χ1) is 13.6. The zero-order valence-corrected chi connectivity index (χ0v) is 16.5. The van der Waals surface area contributed by atoms with Crippen LogP contribution < -0.4 is 0 Å². The van der Waals surface area contributed by atoms with Crippen molar-refractivity contribution in [1.29, 1.82) is 0 Å². The summed E-state index contributed by atoms with van der Waals surface area (Å²) in [6.45, 7) is 8.00. The lowest BCUT2D eigenvalue weighted by Crippen LogP contribution is -1.76. The molecule has 0 saturated heterocycles. The summed E-state index contributed by atoms with van der Waals surface area (Å²) in [5.41, 5.74) is 4.65. The highest BCUT2D eigenvalue weighted by molar-refractivity contribution is 5.14. The van der Waals surface area contributed by atoms with Crippen molar-refractivity contribution in [2.75, 3.05) is 0 Å². The minimum absolute atomic E-state index is 1.10. The summed E-state index contributed by atoms with van der Waals surface area (Å²) in [5, 5.41) is 0. The molecule has 0 N–H and O–H groups in total. The van der Waals surface area contributed by atoms with Crippen molar-refractivity contribution in [3.05, 3.63) is 97.1 Å². The number of aromatic nitrogens is 8. The van der Waals surface area contributed by atoms with E-state index in [4.69, 9.17) is 0 Å². The number of hydrogen-bond acceptors (Lipinski definition) is 8. The first-order valence-corrected chi connectivity index (χ1v) is 8.44. The summed E-state index contributed by atoms with van der Waals surface area (Å²) in [4.78, 5) is 29.8. The molecule has 0 bridgehead atoms. The van der Waals surface area contributed by atoms with Crippen LogP contribution in [0.3, 0.4) is 0 Å². The Hall–Kier alpha value is -3.68. The van der Waals surface area contributed by atoms with Crippen molar-refractivity contribution >= 4 is 0 Å². The van der Waals surface area contributed by atoms with Gasteiger partial charge in [-0.05, 0) is 49.9 Å². The SMILES string of the molecule is Cc1cncc(C)c1.Cc1cncnc1.Cc1cncnc1.c1ncncn1. The molecule has 0 spiro atoms. The Morgan fingerprint density at radius 3 is 0.821 bits per heavy atom. The highest BCUT2D eigenvalue weighted by Crippen LogP contribution is 1.96. The van der Waals surface area contributed by atoms with Gasteiger partial charge < -0.3 is 0 Å². The maximum Gasteiger partial charge on any atom is 0.119 e. The zero-order chi connectivity index (χ0) is 20.5. The van der Waals surface area contributed by atoms with Gasteiger partial charge in [-0.2, -0.15) is 0 Å². The van der Waals surface area contributed by atoms with Gasteiger partial charge >= 0.3 is 0 Å². The fourth-order valence-electron chi connectivity index (χ4n) is 1.66. The molecule has 0 radical (unpaired) electrons. The second kappa shape index (κ2) is 14.5. The van der Waals surface area contributed by atoms with Gasteiger partial charge in [0.25, 0.3) is 0 Å². The lowest BCUT2D eigenvalue weighted by atomic mass is 10.2. The summed E-state index contributed by atoms with van der Waals surface area (Å²) in [7, 11) is 0. The van der Waals surface area contributed by atoms with Crippen LogP contribution in [-0.4, -0.2) is 39.9 Å². The predicted molar refractivity (Wildman–Crippen MR) is 107 cm³/mol. The van der Waals surface area contributed by atoms with E-state index in [1.165, 1.54) is 42.8 Å². The van der Waals surface area contributed by atoms with E-state index in [9.17, 15) is 0 Å². The monoisotopic (exact) mass is 376 g/mol. The molecule has 0 aliphatic heterocycles. The summed E-state index contributed by atoms with van der Waals surface area (Å²) < 4.78 is 0. The molecule has 4 heterocycles. The molecule has 144 valence electrons. The Balaban J connectivity index is 0.000000188. The predicted octanol–water partition coefficient (Wildman–Crippen LogP) is 3.14. The largest absolute Gasteiger partial charge is 0.264 e. The highest BCUT2D eigenvalue weighted by atomic mass is 14.9. The van der Waals surface area contributed by atoms with E-state index in [0.29, 0.717) is 0 Å². The fourth-order valence-corrected chi connectivity index (χ4v) is 1.66. The molecule has 0 aromatic carbocycles. The van der Waals surface area contributed by atoms with Crippen molar-refractivity contribution in [3.8, 4) is 0 Å². The van der Waals surface area contributed by atoms with Gasteiger partial charge in [0.2, 0.25) is 0 Å². The Kier molecular flexibility index (Phi) is 11.6. The van der Waals surface area contributed by atoms with Crippen molar-refractivity contribution < 1.29 is 0 Å². The molecular weight excluding hydrogens is 352 g/mol. The normalized spacial score (nSPS) is 8.71. The van der Waals surface area contributed by atoms with Crippen LogP contribution in [0.1, 0.15) is 22.3 Å². The Morgan fingerprint density at radius 2 is 0.643 bits per heavy atom. The number of hydrogen-bond donors (Lipinski definition) is 0. The lowest BCUT2D eigenvalue weighted by molar-refractivity contribution is 1.05. The minimum Gasteiger partial charge on any atom is -0.264 e. The second-order valence-corrected chi connectivity index (χ2v) is 5.66. The fraction of sp³-hybridized carbons (Fsp3) is 0.200. The first kappa shape index (κ1) is 22.4.